The summed E-state index contributed by atoms with van der Waals surface area (Å²) in [4.78, 5) is 4.10. The lowest BCUT2D eigenvalue weighted by atomic mass is 10.2. The quantitative estimate of drug-likeness (QED) is 0.638. The van der Waals surface area contributed by atoms with E-state index in [0.717, 1.165) is 0 Å². The first-order chi connectivity index (χ1) is 5.77. The Morgan fingerprint density at radius 3 is 2.83 bits per heavy atom. The first-order valence-corrected chi connectivity index (χ1v) is 5.62. The van der Waals surface area contributed by atoms with E-state index in [-0.39, 0.29) is 0 Å². The van der Waals surface area contributed by atoms with Gasteiger partial charge in [-0.15, -0.1) is 0 Å². The van der Waals surface area contributed by atoms with Crippen molar-refractivity contribution in [3.63, 3.8) is 0 Å². The van der Waals surface area contributed by atoms with Gasteiger partial charge in [-0.3, -0.25) is 4.98 Å². The van der Waals surface area contributed by atoms with Crippen LogP contribution in [0.4, 0.5) is 0 Å². The Labute approximate surface area is 97.9 Å². The first-order valence-electron chi connectivity index (χ1n) is 3.46. The lowest BCUT2D eigenvalue weighted by Crippen LogP contribution is -1.81. The Balaban J connectivity index is 2.89. The van der Waals surface area contributed by atoms with Gasteiger partial charge in [0.05, 0.1) is 0 Å². The van der Waals surface area contributed by atoms with Crippen LogP contribution in [0.25, 0.3) is 10.8 Å². The van der Waals surface area contributed by atoms with Gasteiger partial charge in [0.2, 0.25) is 0 Å². The van der Waals surface area contributed by atoms with Crippen molar-refractivity contribution in [2.75, 3.05) is 0 Å². The maximum absolute atomic E-state index is 4.10. The summed E-state index contributed by atoms with van der Waals surface area (Å²) in [5.74, 6) is 0. The summed E-state index contributed by atoms with van der Waals surface area (Å²) in [6.07, 6.45) is 3.74. The monoisotopic (exact) mass is 381 g/mol. The van der Waals surface area contributed by atoms with Gasteiger partial charge in [-0.05, 0) is 68.8 Å². The van der Waals surface area contributed by atoms with Crippen molar-refractivity contribution in [1.82, 2.24) is 4.98 Å². The van der Waals surface area contributed by atoms with E-state index in [0.29, 0.717) is 0 Å². The number of benzene rings is 1. The molecule has 1 nitrogen and oxygen atoms in total. The second-order valence-corrected chi connectivity index (χ2v) is 4.89. The molecule has 1 heterocycles. The summed E-state index contributed by atoms with van der Waals surface area (Å²) in [6, 6.07) is 6.37. The van der Waals surface area contributed by atoms with Crippen molar-refractivity contribution in [1.29, 1.82) is 0 Å². The molecule has 0 aliphatic rings. The SMILES string of the molecule is Ic1cc(I)c2cnccc2c1. The fraction of sp³-hybridized carbons (Fsp3) is 0. The van der Waals surface area contributed by atoms with Crippen LogP contribution >= 0.6 is 45.2 Å². The van der Waals surface area contributed by atoms with Gasteiger partial charge in [0.25, 0.3) is 0 Å². The van der Waals surface area contributed by atoms with Crippen LogP contribution in [0.2, 0.25) is 0 Å². The third-order valence-electron chi connectivity index (χ3n) is 1.67. The molecule has 0 bridgehead atoms. The molecule has 2 rings (SSSR count). The van der Waals surface area contributed by atoms with E-state index in [1.807, 2.05) is 18.5 Å². The van der Waals surface area contributed by atoms with E-state index in [2.05, 4.69) is 62.3 Å². The molecule has 0 saturated heterocycles. The van der Waals surface area contributed by atoms with Gasteiger partial charge in [-0.25, -0.2) is 0 Å². The highest BCUT2D eigenvalue weighted by molar-refractivity contribution is 14.1. The lowest BCUT2D eigenvalue weighted by Gasteiger charge is -1.99. The highest BCUT2D eigenvalue weighted by atomic mass is 127. The number of hydrogen-bond acceptors (Lipinski definition) is 1. The van der Waals surface area contributed by atoms with Crippen LogP contribution in [0, 0.1) is 7.14 Å². The van der Waals surface area contributed by atoms with Crippen molar-refractivity contribution in [2.45, 2.75) is 0 Å². The van der Waals surface area contributed by atoms with Crippen molar-refractivity contribution in [3.05, 3.63) is 37.7 Å². The van der Waals surface area contributed by atoms with E-state index >= 15 is 0 Å². The predicted octanol–water partition coefficient (Wildman–Crippen LogP) is 3.44. The molecule has 0 aliphatic carbocycles. The van der Waals surface area contributed by atoms with Crippen LogP contribution in [0.5, 0.6) is 0 Å². The maximum Gasteiger partial charge on any atom is 0.0357 e. The topological polar surface area (TPSA) is 12.9 Å². The summed E-state index contributed by atoms with van der Waals surface area (Å²) >= 11 is 4.67. The fourth-order valence-electron chi connectivity index (χ4n) is 1.12. The zero-order valence-corrected chi connectivity index (χ0v) is 10.4. The maximum atomic E-state index is 4.10. The van der Waals surface area contributed by atoms with Gasteiger partial charge in [0.15, 0.2) is 0 Å². The summed E-state index contributed by atoms with van der Waals surface area (Å²) in [7, 11) is 0. The highest BCUT2D eigenvalue weighted by Gasteiger charge is 1.98. The smallest absolute Gasteiger partial charge is 0.0357 e. The highest BCUT2D eigenvalue weighted by Crippen LogP contribution is 2.22. The number of rotatable bonds is 0. The van der Waals surface area contributed by atoms with Gasteiger partial charge in [0, 0.05) is 24.9 Å². The summed E-state index contributed by atoms with van der Waals surface area (Å²) in [5, 5.41) is 2.50. The minimum Gasteiger partial charge on any atom is -0.264 e. The zero-order chi connectivity index (χ0) is 8.55. The first kappa shape index (κ1) is 8.68. The van der Waals surface area contributed by atoms with Gasteiger partial charge >= 0.3 is 0 Å². The number of pyridine rings is 1. The molecule has 3 heteroatoms. The van der Waals surface area contributed by atoms with E-state index in [4.69, 9.17) is 0 Å². The third-order valence-corrected chi connectivity index (χ3v) is 3.19. The molecule has 0 radical (unpaired) electrons. The molecule has 0 amide bonds. The number of fused-ring (bicyclic) bond motifs is 1. The molecule has 0 unspecified atom stereocenters. The van der Waals surface area contributed by atoms with Crippen LogP contribution in [0.1, 0.15) is 0 Å². The van der Waals surface area contributed by atoms with E-state index in [1.165, 1.54) is 17.9 Å². The van der Waals surface area contributed by atoms with Gasteiger partial charge in [-0.2, -0.15) is 0 Å². The Morgan fingerprint density at radius 1 is 1.17 bits per heavy atom. The van der Waals surface area contributed by atoms with E-state index in [1.54, 1.807) is 0 Å². The predicted molar refractivity (Wildman–Crippen MR) is 67.2 cm³/mol. The van der Waals surface area contributed by atoms with Gasteiger partial charge < -0.3 is 0 Å². The Hall–Kier alpha value is 0.0900. The van der Waals surface area contributed by atoms with Crippen LogP contribution in [-0.4, -0.2) is 4.98 Å². The Bertz CT molecular complexity index is 426. The molecule has 1 aromatic heterocycles. The molecule has 0 fully saturated rings. The number of halogens is 2. The fourth-order valence-corrected chi connectivity index (χ4v) is 3.15. The average Bonchev–Trinajstić information content (AvgIpc) is 2.04. The molecule has 0 saturated carbocycles. The second kappa shape index (κ2) is 3.45. The van der Waals surface area contributed by atoms with Crippen molar-refractivity contribution in [3.8, 4) is 0 Å². The van der Waals surface area contributed by atoms with Crippen LogP contribution < -0.4 is 0 Å². The molecule has 0 atom stereocenters. The number of aromatic nitrogens is 1. The molecule has 12 heavy (non-hydrogen) atoms. The third kappa shape index (κ3) is 1.56. The van der Waals surface area contributed by atoms with Gasteiger partial charge in [-0.1, -0.05) is 0 Å². The normalized spacial score (nSPS) is 10.5. The largest absolute Gasteiger partial charge is 0.264 e. The molecule has 0 aliphatic heterocycles. The molecule has 2 aromatic rings. The standard InChI is InChI=1S/C9H5I2N/c10-7-3-6-1-2-12-5-8(6)9(11)4-7/h1-5H. The van der Waals surface area contributed by atoms with Crippen molar-refractivity contribution < 1.29 is 0 Å². The van der Waals surface area contributed by atoms with Crippen LogP contribution in [-0.2, 0) is 0 Å². The lowest BCUT2D eigenvalue weighted by molar-refractivity contribution is 1.36. The second-order valence-electron chi connectivity index (χ2n) is 2.48. The van der Waals surface area contributed by atoms with Crippen molar-refractivity contribution >= 4 is 56.0 Å². The molecule has 1 aromatic carbocycles. The molecule has 60 valence electrons. The number of hydrogen-bond donors (Lipinski definition) is 0. The van der Waals surface area contributed by atoms with E-state index < -0.39 is 0 Å². The molecular formula is C9H5I2N. The Kier molecular flexibility index (Phi) is 2.49. The van der Waals surface area contributed by atoms with Gasteiger partial charge in [0.1, 0.15) is 0 Å². The van der Waals surface area contributed by atoms with Crippen LogP contribution in [0.3, 0.4) is 0 Å². The van der Waals surface area contributed by atoms with E-state index in [9.17, 15) is 0 Å². The van der Waals surface area contributed by atoms with Crippen molar-refractivity contribution in [2.24, 2.45) is 0 Å². The number of nitrogens with zero attached hydrogens (tertiary/aromatic N) is 1. The molecular weight excluding hydrogens is 376 g/mol. The molecule has 0 spiro atoms. The van der Waals surface area contributed by atoms with Crippen LogP contribution in [0.15, 0.2) is 30.6 Å². The minimum absolute atomic E-state index is 1.23. The Morgan fingerprint density at radius 2 is 2.00 bits per heavy atom. The minimum atomic E-state index is 1.23. The average molecular weight is 381 g/mol. The summed E-state index contributed by atoms with van der Waals surface area (Å²) < 4.78 is 2.54. The molecule has 0 N–H and O–H groups in total. The summed E-state index contributed by atoms with van der Waals surface area (Å²) in [5.41, 5.74) is 0. The zero-order valence-electron chi connectivity index (χ0n) is 6.09. The summed E-state index contributed by atoms with van der Waals surface area (Å²) in [6.45, 7) is 0.